The van der Waals surface area contributed by atoms with Gasteiger partial charge in [0.15, 0.2) is 0 Å². The lowest BCUT2D eigenvalue weighted by Gasteiger charge is -2.13. The van der Waals surface area contributed by atoms with E-state index in [1.165, 1.54) is 7.11 Å². The van der Waals surface area contributed by atoms with E-state index in [1.807, 2.05) is 0 Å². The molecule has 1 aromatic rings. The maximum atomic E-state index is 9.65. The Balaban J connectivity index is 3.20. The highest BCUT2D eigenvalue weighted by molar-refractivity contribution is 5.46. The predicted octanol–water partition coefficient (Wildman–Crippen LogP) is 0.701. The van der Waals surface area contributed by atoms with Crippen molar-refractivity contribution >= 4 is 0 Å². The van der Waals surface area contributed by atoms with Crippen LogP contribution in [0.2, 0.25) is 0 Å². The predicted molar refractivity (Wildman–Crippen MR) is 53.4 cm³/mol. The molecule has 0 spiro atoms. The van der Waals surface area contributed by atoms with E-state index in [2.05, 4.69) is 0 Å². The summed E-state index contributed by atoms with van der Waals surface area (Å²) >= 11 is 0. The van der Waals surface area contributed by atoms with E-state index in [0.717, 1.165) is 0 Å². The van der Waals surface area contributed by atoms with Gasteiger partial charge in [0.05, 0.1) is 13.2 Å². The molecule has 78 valence electrons. The van der Waals surface area contributed by atoms with Gasteiger partial charge in [0, 0.05) is 12.1 Å². The largest absolute Gasteiger partial charge is 0.507 e. The average molecular weight is 197 g/mol. The molecule has 1 atom stereocenters. The van der Waals surface area contributed by atoms with E-state index < -0.39 is 6.10 Å². The number of nitrogens with two attached hydrogens (primary N) is 1. The fourth-order valence-corrected chi connectivity index (χ4v) is 1.27. The van der Waals surface area contributed by atoms with E-state index in [1.54, 1.807) is 19.1 Å². The SMILES string of the molecule is COc1cc(C)c(O)c(C(O)CN)c1. The van der Waals surface area contributed by atoms with E-state index >= 15 is 0 Å². The number of rotatable bonds is 3. The summed E-state index contributed by atoms with van der Waals surface area (Å²) in [5.41, 5.74) is 6.38. The second-order valence-corrected chi connectivity index (χ2v) is 3.13. The van der Waals surface area contributed by atoms with Gasteiger partial charge in [-0.2, -0.15) is 0 Å². The third-order valence-electron chi connectivity index (χ3n) is 2.12. The van der Waals surface area contributed by atoms with Crippen molar-refractivity contribution in [2.45, 2.75) is 13.0 Å². The first kappa shape index (κ1) is 10.8. The quantitative estimate of drug-likeness (QED) is 0.666. The first-order valence-electron chi connectivity index (χ1n) is 4.35. The lowest BCUT2D eigenvalue weighted by Crippen LogP contribution is -2.12. The van der Waals surface area contributed by atoms with Crippen molar-refractivity contribution in [3.63, 3.8) is 0 Å². The van der Waals surface area contributed by atoms with Crippen LogP contribution in [0.1, 0.15) is 17.2 Å². The lowest BCUT2D eigenvalue weighted by molar-refractivity contribution is 0.182. The number of aromatic hydroxyl groups is 1. The number of phenolic OH excluding ortho intramolecular Hbond substituents is 1. The number of aliphatic hydroxyl groups excluding tert-OH is 1. The highest BCUT2D eigenvalue weighted by Gasteiger charge is 2.14. The van der Waals surface area contributed by atoms with E-state index in [0.29, 0.717) is 16.9 Å². The maximum absolute atomic E-state index is 9.65. The van der Waals surface area contributed by atoms with Crippen LogP contribution in [0.4, 0.5) is 0 Å². The zero-order valence-electron chi connectivity index (χ0n) is 8.32. The molecule has 1 unspecified atom stereocenters. The summed E-state index contributed by atoms with van der Waals surface area (Å²) in [5, 5.41) is 19.2. The van der Waals surface area contributed by atoms with Gasteiger partial charge in [-0.15, -0.1) is 0 Å². The van der Waals surface area contributed by atoms with Gasteiger partial charge in [0.2, 0.25) is 0 Å². The van der Waals surface area contributed by atoms with Crippen LogP contribution < -0.4 is 10.5 Å². The molecule has 0 bridgehead atoms. The molecule has 4 N–H and O–H groups in total. The van der Waals surface area contributed by atoms with Crippen molar-refractivity contribution in [2.75, 3.05) is 13.7 Å². The molecule has 4 heteroatoms. The van der Waals surface area contributed by atoms with E-state index in [4.69, 9.17) is 10.5 Å². The number of aryl methyl sites for hydroxylation is 1. The molecule has 0 saturated heterocycles. The summed E-state index contributed by atoms with van der Waals surface area (Å²) in [7, 11) is 1.53. The molecule has 4 nitrogen and oxygen atoms in total. The fraction of sp³-hybridized carbons (Fsp3) is 0.400. The molecule has 0 fully saturated rings. The first-order chi connectivity index (χ1) is 6.60. The minimum atomic E-state index is -0.858. The van der Waals surface area contributed by atoms with Crippen LogP contribution in [0.3, 0.4) is 0 Å². The molecule has 14 heavy (non-hydrogen) atoms. The third kappa shape index (κ3) is 1.97. The van der Waals surface area contributed by atoms with Crippen LogP contribution in [0.15, 0.2) is 12.1 Å². The first-order valence-corrected chi connectivity index (χ1v) is 4.35. The highest BCUT2D eigenvalue weighted by atomic mass is 16.5. The molecule has 0 heterocycles. The summed E-state index contributed by atoms with van der Waals surface area (Å²) in [5.74, 6) is 0.673. The Morgan fingerprint density at radius 2 is 2.14 bits per heavy atom. The summed E-state index contributed by atoms with van der Waals surface area (Å²) in [4.78, 5) is 0. The zero-order chi connectivity index (χ0) is 10.7. The van der Waals surface area contributed by atoms with E-state index in [-0.39, 0.29) is 12.3 Å². The minimum Gasteiger partial charge on any atom is -0.507 e. The Hall–Kier alpha value is -1.26. The van der Waals surface area contributed by atoms with Crippen LogP contribution in [0.5, 0.6) is 11.5 Å². The zero-order valence-corrected chi connectivity index (χ0v) is 8.32. The second-order valence-electron chi connectivity index (χ2n) is 3.13. The summed E-state index contributed by atoms with van der Waals surface area (Å²) in [6.45, 7) is 1.81. The number of hydrogen-bond acceptors (Lipinski definition) is 4. The van der Waals surface area contributed by atoms with Crippen molar-refractivity contribution in [3.05, 3.63) is 23.3 Å². The number of aliphatic hydroxyl groups is 1. The Kier molecular flexibility index (Phi) is 3.33. The molecule has 0 amide bonds. The molecule has 0 aromatic heterocycles. The molecular formula is C10H15NO3. The van der Waals surface area contributed by atoms with Crippen molar-refractivity contribution in [2.24, 2.45) is 5.73 Å². The van der Waals surface area contributed by atoms with Gasteiger partial charge in [-0.3, -0.25) is 0 Å². The van der Waals surface area contributed by atoms with Gasteiger partial charge in [-0.25, -0.2) is 0 Å². The van der Waals surface area contributed by atoms with Gasteiger partial charge in [-0.05, 0) is 24.6 Å². The molecular weight excluding hydrogens is 182 g/mol. The summed E-state index contributed by atoms with van der Waals surface area (Å²) < 4.78 is 5.02. The van der Waals surface area contributed by atoms with Crippen LogP contribution >= 0.6 is 0 Å². The molecule has 0 radical (unpaired) electrons. The number of methoxy groups -OCH3 is 1. The van der Waals surface area contributed by atoms with Crippen molar-refractivity contribution < 1.29 is 14.9 Å². The molecule has 0 saturated carbocycles. The number of benzene rings is 1. The maximum Gasteiger partial charge on any atom is 0.124 e. The number of ether oxygens (including phenoxy) is 1. The number of hydrogen-bond donors (Lipinski definition) is 3. The van der Waals surface area contributed by atoms with E-state index in [9.17, 15) is 10.2 Å². The summed E-state index contributed by atoms with van der Waals surface area (Å²) in [6, 6.07) is 3.28. The van der Waals surface area contributed by atoms with Crippen LogP contribution in [0.25, 0.3) is 0 Å². The van der Waals surface area contributed by atoms with Crippen LogP contribution in [-0.4, -0.2) is 23.9 Å². The Morgan fingerprint density at radius 3 is 2.64 bits per heavy atom. The lowest BCUT2D eigenvalue weighted by atomic mass is 10.0. The molecule has 1 aromatic carbocycles. The molecule has 1 rings (SSSR count). The van der Waals surface area contributed by atoms with Crippen molar-refractivity contribution in [1.29, 1.82) is 0 Å². The van der Waals surface area contributed by atoms with Crippen LogP contribution in [-0.2, 0) is 0 Å². The fourth-order valence-electron chi connectivity index (χ4n) is 1.27. The Labute approximate surface area is 82.9 Å². The van der Waals surface area contributed by atoms with Gasteiger partial charge in [-0.1, -0.05) is 0 Å². The van der Waals surface area contributed by atoms with Crippen LogP contribution in [0, 0.1) is 6.92 Å². The third-order valence-corrected chi connectivity index (χ3v) is 2.12. The monoisotopic (exact) mass is 197 g/mol. The van der Waals surface area contributed by atoms with Crippen molar-refractivity contribution in [3.8, 4) is 11.5 Å². The highest BCUT2D eigenvalue weighted by Crippen LogP contribution is 2.31. The molecule has 0 aliphatic rings. The molecule has 0 aliphatic carbocycles. The topological polar surface area (TPSA) is 75.7 Å². The normalized spacial score (nSPS) is 12.6. The van der Waals surface area contributed by atoms with Gasteiger partial charge in [0.1, 0.15) is 11.5 Å². The van der Waals surface area contributed by atoms with Gasteiger partial charge in [0.25, 0.3) is 0 Å². The standard InChI is InChI=1S/C10H15NO3/c1-6-3-7(14-2)4-8(10(6)13)9(12)5-11/h3-4,9,12-13H,5,11H2,1-2H3. The Bertz CT molecular complexity index is 325. The smallest absolute Gasteiger partial charge is 0.124 e. The van der Waals surface area contributed by atoms with Crippen molar-refractivity contribution in [1.82, 2.24) is 0 Å². The molecule has 0 aliphatic heterocycles. The average Bonchev–Trinajstić information content (AvgIpc) is 2.20. The minimum absolute atomic E-state index is 0.0696. The number of phenols is 1. The second kappa shape index (κ2) is 4.30. The van der Waals surface area contributed by atoms with Gasteiger partial charge >= 0.3 is 0 Å². The summed E-state index contributed by atoms with van der Waals surface area (Å²) in [6.07, 6.45) is -0.858. The van der Waals surface area contributed by atoms with Gasteiger partial charge < -0.3 is 20.7 Å². The Morgan fingerprint density at radius 1 is 1.50 bits per heavy atom.